The van der Waals surface area contributed by atoms with Crippen LogP contribution in [0.2, 0.25) is 0 Å². The maximum atomic E-state index is 12.7. The van der Waals surface area contributed by atoms with Crippen LogP contribution in [0.5, 0.6) is 5.75 Å². The number of para-hydroxylation sites is 1. The number of amides is 2. The molecule has 1 saturated heterocycles. The summed E-state index contributed by atoms with van der Waals surface area (Å²) in [5.41, 5.74) is 6.34. The molecule has 1 aromatic rings. The first-order valence-corrected chi connectivity index (χ1v) is 7.88. The highest BCUT2D eigenvalue weighted by Gasteiger charge is 2.34. The topological polar surface area (TPSA) is 75.9 Å². The van der Waals surface area contributed by atoms with E-state index in [1.807, 2.05) is 24.3 Å². The van der Waals surface area contributed by atoms with Gasteiger partial charge in [-0.05, 0) is 19.9 Å². The first-order valence-electron chi connectivity index (χ1n) is 7.88. The number of nitrogens with two attached hydrogens (primary N) is 1. The lowest BCUT2D eigenvalue weighted by molar-refractivity contribution is -0.142. The zero-order chi connectivity index (χ0) is 17.0. The van der Waals surface area contributed by atoms with Gasteiger partial charge in [0.25, 0.3) is 0 Å². The molecule has 1 fully saturated rings. The van der Waals surface area contributed by atoms with Crippen LogP contribution < -0.4 is 10.5 Å². The minimum Gasteiger partial charge on any atom is -0.496 e. The van der Waals surface area contributed by atoms with Crippen molar-refractivity contribution in [1.82, 2.24) is 9.80 Å². The molecule has 1 aliphatic rings. The van der Waals surface area contributed by atoms with Gasteiger partial charge in [-0.1, -0.05) is 18.2 Å². The third-order valence-electron chi connectivity index (χ3n) is 4.33. The predicted molar refractivity (Wildman–Crippen MR) is 88.1 cm³/mol. The molecule has 0 radical (unpaired) electrons. The number of primary amides is 1. The van der Waals surface area contributed by atoms with Gasteiger partial charge in [-0.15, -0.1) is 0 Å². The number of nitrogens with zero attached hydrogens (tertiary/aromatic N) is 2. The summed E-state index contributed by atoms with van der Waals surface area (Å²) in [6.07, 6.45) is 0.204. The number of benzene rings is 1. The lowest BCUT2D eigenvalue weighted by Gasteiger charge is -2.41. The van der Waals surface area contributed by atoms with E-state index >= 15 is 0 Å². The van der Waals surface area contributed by atoms with Crippen LogP contribution in [-0.2, 0) is 16.0 Å². The van der Waals surface area contributed by atoms with Gasteiger partial charge in [-0.3, -0.25) is 14.5 Å². The van der Waals surface area contributed by atoms with E-state index in [0.29, 0.717) is 24.9 Å². The molecule has 1 atom stereocenters. The Bertz CT molecular complexity index is 574. The van der Waals surface area contributed by atoms with E-state index in [2.05, 4.69) is 18.7 Å². The average molecular weight is 319 g/mol. The third-order valence-corrected chi connectivity index (χ3v) is 4.33. The van der Waals surface area contributed by atoms with Crippen molar-refractivity contribution < 1.29 is 14.3 Å². The van der Waals surface area contributed by atoms with Crippen molar-refractivity contribution in [2.75, 3.05) is 26.7 Å². The molecule has 23 heavy (non-hydrogen) atoms. The van der Waals surface area contributed by atoms with E-state index in [9.17, 15) is 9.59 Å². The van der Waals surface area contributed by atoms with E-state index in [1.165, 1.54) is 0 Å². The average Bonchev–Trinajstić information content (AvgIpc) is 2.54. The summed E-state index contributed by atoms with van der Waals surface area (Å²) < 4.78 is 5.29. The summed E-state index contributed by atoms with van der Waals surface area (Å²) in [6, 6.07) is 7.16. The molecule has 2 amide bonds. The first-order chi connectivity index (χ1) is 10.9. The van der Waals surface area contributed by atoms with Crippen molar-refractivity contribution in [3.05, 3.63) is 29.8 Å². The van der Waals surface area contributed by atoms with Gasteiger partial charge in [0, 0.05) is 31.2 Å². The predicted octanol–water partition coefficient (Wildman–Crippen LogP) is 0.644. The van der Waals surface area contributed by atoms with Gasteiger partial charge in [0.05, 0.1) is 13.5 Å². The van der Waals surface area contributed by atoms with Crippen molar-refractivity contribution in [2.45, 2.75) is 32.4 Å². The van der Waals surface area contributed by atoms with Crippen LogP contribution in [0.1, 0.15) is 19.4 Å². The van der Waals surface area contributed by atoms with Crippen molar-refractivity contribution in [3.63, 3.8) is 0 Å². The summed E-state index contributed by atoms with van der Waals surface area (Å²) in [7, 11) is 1.58. The fourth-order valence-electron chi connectivity index (χ4n) is 2.93. The lowest BCUT2D eigenvalue weighted by atomic mass is 10.1. The van der Waals surface area contributed by atoms with Crippen molar-refractivity contribution in [3.8, 4) is 5.75 Å². The van der Waals surface area contributed by atoms with E-state index in [1.54, 1.807) is 12.0 Å². The van der Waals surface area contributed by atoms with Crippen LogP contribution in [-0.4, -0.2) is 60.4 Å². The standard InChI is InChI=1S/C17H25N3O3/c1-12(2)19-8-9-20(14(11-19)17(18)22)16(21)10-13-6-4-5-7-15(13)23-3/h4-7,12,14H,8-11H2,1-3H3,(H2,18,22)/t14-/m0/s1. The van der Waals surface area contributed by atoms with Crippen LogP contribution in [0, 0.1) is 0 Å². The zero-order valence-corrected chi connectivity index (χ0v) is 14.0. The SMILES string of the molecule is COc1ccccc1CC(=O)N1CCN(C(C)C)C[C@H]1C(N)=O. The minimum atomic E-state index is -0.576. The summed E-state index contributed by atoms with van der Waals surface area (Å²) in [5.74, 6) is 0.128. The molecule has 2 N–H and O–H groups in total. The maximum Gasteiger partial charge on any atom is 0.241 e. The highest BCUT2D eigenvalue weighted by molar-refractivity contribution is 5.88. The monoisotopic (exact) mass is 319 g/mol. The van der Waals surface area contributed by atoms with E-state index in [-0.39, 0.29) is 12.3 Å². The van der Waals surface area contributed by atoms with E-state index in [0.717, 1.165) is 12.1 Å². The van der Waals surface area contributed by atoms with Crippen LogP contribution >= 0.6 is 0 Å². The smallest absolute Gasteiger partial charge is 0.241 e. The molecule has 0 aromatic heterocycles. The first kappa shape index (κ1) is 17.3. The Morgan fingerprint density at radius 1 is 1.30 bits per heavy atom. The molecule has 0 aliphatic carbocycles. The Labute approximate surface area is 137 Å². The second-order valence-corrected chi connectivity index (χ2v) is 6.08. The zero-order valence-electron chi connectivity index (χ0n) is 14.0. The molecule has 0 unspecified atom stereocenters. The van der Waals surface area contributed by atoms with Gasteiger partial charge < -0.3 is 15.4 Å². The third kappa shape index (κ3) is 4.01. The number of hydrogen-bond donors (Lipinski definition) is 1. The summed E-state index contributed by atoms with van der Waals surface area (Å²) in [6.45, 7) is 5.90. The number of carbonyl (C=O) groups excluding carboxylic acids is 2. The van der Waals surface area contributed by atoms with Gasteiger partial charge in [0.15, 0.2) is 0 Å². The van der Waals surface area contributed by atoms with Gasteiger partial charge >= 0.3 is 0 Å². The molecule has 0 saturated carbocycles. The van der Waals surface area contributed by atoms with E-state index < -0.39 is 11.9 Å². The summed E-state index contributed by atoms with van der Waals surface area (Å²) >= 11 is 0. The number of methoxy groups -OCH3 is 1. The molecule has 2 rings (SSSR count). The summed E-state index contributed by atoms with van der Waals surface area (Å²) in [5, 5.41) is 0. The minimum absolute atomic E-state index is 0.0956. The van der Waals surface area contributed by atoms with Crippen molar-refractivity contribution >= 4 is 11.8 Å². The van der Waals surface area contributed by atoms with Gasteiger partial charge in [-0.2, -0.15) is 0 Å². The normalized spacial score (nSPS) is 19.0. The highest BCUT2D eigenvalue weighted by Crippen LogP contribution is 2.20. The number of carbonyl (C=O) groups is 2. The molecule has 1 aliphatic heterocycles. The Balaban J connectivity index is 2.12. The summed E-state index contributed by atoms with van der Waals surface area (Å²) in [4.78, 5) is 28.2. The van der Waals surface area contributed by atoms with Crippen LogP contribution in [0.3, 0.4) is 0 Å². The van der Waals surface area contributed by atoms with Crippen LogP contribution in [0.4, 0.5) is 0 Å². The number of ether oxygens (including phenoxy) is 1. The lowest BCUT2D eigenvalue weighted by Crippen LogP contribution is -2.61. The van der Waals surface area contributed by atoms with Gasteiger partial charge in [0.2, 0.25) is 11.8 Å². The Morgan fingerprint density at radius 3 is 2.61 bits per heavy atom. The van der Waals surface area contributed by atoms with Crippen LogP contribution in [0.25, 0.3) is 0 Å². The van der Waals surface area contributed by atoms with Gasteiger partial charge in [0.1, 0.15) is 11.8 Å². The van der Waals surface area contributed by atoms with Crippen LogP contribution in [0.15, 0.2) is 24.3 Å². The van der Waals surface area contributed by atoms with Crippen molar-refractivity contribution in [1.29, 1.82) is 0 Å². The largest absolute Gasteiger partial charge is 0.496 e. The molecule has 1 aromatic carbocycles. The Kier molecular flexibility index (Phi) is 5.60. The maximum absolute atomic E-state index is 12.7. The molecular formula is C17H25N3O3. The molecule has 6 nitrogen and oxygen atoms in total. The molecule has 0 spiro atoms. The van der Waals surface area contributed by atoms with Gasteiger partial charge in [-0.25, -0.2) is 0 Å². The molecule has 126 valence electrons. The number of hydrogen-bond acceptors (Lipinski definition) is 4. The molecule has 0 bridgehead atoms. The Hall–Kier alpha value is -2.08. The fraction of sp³-hybridized carbons (Fsp3) is 0.529. The number of piperazine rings is 1. The number of rotatable bonds is 5. The van der Waals surface area contributed by atoms with Crippen molar-refractivity contribution in [2.24, 2.45) is 5.73 Å². The highest BCUT2D eigenvalue weighted by atomic mass is 16.5. The van der Waals surface area contributed by atoms with E-state index in [4.69, 9.17) is 10.5 Å². The Morgan fingerprint density at radius 2 is 2.00 bits per heavy atom. The molecule has 1 heterocycles. The second-order valence-electron chi connectivity index (χ2n) is 6.08. The molecule has 6 heteroatoms. The second kappa shape index (κ2) is 7.46. The molecular weight excluding hydrogens is 294 g/mol. The quantitative estimate of drug-likeness (QED) is 0.864. The fourth-order valence-corrected chi connectivity index (χ4v) is 2.93.